The van der Waals surface area contributed by atoms with Crippen molar-refractivity contribution in [1.82, 2.24) is 15.1 Å². The van der Waals surface area contributed by atoms with Crippen LogP contribution in [-0.4, -0.2) is 47.5 Å². The molecule has 0 atom stereocenters. The molecular weight excluding hydrogens is 286 g/mol. The van der Waals surface area contributed by atoms with E-state index in [0.29, 0.717) is 6.54 Å². The zero-order valence-corrected chi connectivity index (χ0v) is 14.5. The molecule has 0 saturated carbocycles. The first-order valence-electron chi connectivity index (χ1n) is 8.91. The third-order valence-corrected chi connectivity index (χ3v) is 5.30. The van der Waals surface area contributed by atoms with Crippen molar-refractivity contribution in [3.63, 3.8) is 0 Å². The maximum atomic E-state index is 12.5. The fourth-order valence-corrected chi connectivity index (χ4v) is 3.68. The number of nitrogens with one attached hydrogen (secondary N) is 1. The van der Waals surface area contributed by atoms with Crippen LogP contribution in [0.25, 0.3) is 0 Å². The molecule has 2 amide bonds. The molecule has 3 rings (SSSR count). The molecule has 1 aromatic rings. The molecule has 1 aromatic carbocycles. The zero-order valence-electron chi connectivity index (χ0n) is 14.5. The highest BCUT2D eigenvalue weighted by Crippen LogP contribution is 2.21. The van der Waals surface area contributed by atoms with Gasteiger partial charge in [0.15, 0.2) is 0 Å². The van der Waals surface area contributed by atoms with Crippen LogP contribution in [-0.2, 0) is 13.0 Å². The maximum Gasteiger partial charge on any atom is 0.317 e. The van der Waals surface area contributed by atoms with Crippen molar-refractivity contribution in [2.75, 3.05) is 26.2 Å². The second-order valence-electron chi connectivity index (χ2n) is 7.46. The van der Waals surface area contributed by atoms with Crippen LogP contribution in [0.2, 0.25) is 0 Å². The molecule has 0 aromatic heterocycles. The van der Waals surface area contributed by atoms with Gasteiger partial charge in [0, 0.05) is 25.2 Å². The first-order chi connectivity index (χ1) is 11.1. The van der Waals surface area contributed by atoms with Crippen LogP contribution in [0.5, 0.6) is 0 Å². The Balaban J connectivity index is 1.53. The lowest BCUT2D eigenvalue weighted by Gasteiger charge is -2.41. The van der Waals surface area contributed by atoms with E-state index in [0.717, 1.165) is 32.6 Å². The molecule has 23 heavy (non-hydrogen) atoms. The van der Waals surface area contributed by atoms with Gasteiger partial charge in [0.05, 0.1) is 0 Å². The van der Waals surface area contributed by atoms with Gasteiger partial charge in [-0.3, -0.25) is 4.90 Å². The number of hydrogen-bond donors (Lipinski definition) is 1. The predicted octanol–water partition coefficient (Wildman–Crippen LogP) is 3.02. The topological polar surface area (TPSA) is 35.6 Å². The summed E-state index contributed by atoms with van der Waals surface area (Å²) in [4.78, 5) is 17.0. The van der Waals surface area contributed by atoms with Crippen molar-refractivity contribution >= 4 is 6.03 Å². The van der Waals surface area contributed by atoms with Crippen molar-refractivity contribution in [3.05, 3.63) is 35.4 Å². The van der Waals surface area contributed by atoms with Gasteiger partial charge in [0.25, 0.3) is 0 Å². The third kappa shape index (κ3) is 3.86. The summed E-state index contributed by atoms with van der Waals surface area (Å²) in [5.74, 6) is 0. The Bertz CT molecular complexity index is 549. The minimum Gasteiger partial charge on any atom is -0.336 e. The Kier molecular flexibility index (Phi) is 4.90. The van der Waals surface area contributed by atoms with E-state index in [1.807, 2.05) is 4.90 Å². The summed E-state index contributed by atoms with van der Waals surface area (Å²) in [7, 11) is 0. The number of likely N-dealkylation sites (tertiary alicyclic amines) is 1. The van der Waals surface area contributed by atoms with Crippen LogP contribution >= 0.6 is 0 Å². The quantitative estimate of drug-likeness (QED) is 0.930. The Morgan fingerprint density at radius 2 is 1.78 bits per heavy atom. The molecule has 0 radical (unpaired) electrons. The summed E-state index contributed by atoms with van der Waals surface area (Å²) >= 11 is 0. The Labute approximate surface area is 139 Å². The van der Waals surface area contributed by atoms with E-state index in [9.17, 15) is 4.79 Å². The van der Waals surface area contributed by atoms with Crippen molar-refractivity contribution in [2.24, 2.45) is 0 Å². The Hall–Kier alpha value is -1.55. The number of carbonyl (C=O) groups excluding carboxylic acids is 1. The molecule has 1 N–H and O–H groups in total. The van der Waals surface area contributed by atoms with E-state index >= 15 is 0 Å². The van der Waals surface area contributed by atoms with Gasteiger partial charge in [-0.15, -0.1) is 0 Å². The number of hydrogen-bond acceptors (Lipinski definition) is 2. The van der Waals surface area contributed by atoms with Gasteiger partial charge in [-0.2, -0.15) is 0 Å². The average molecular weight is 315 g/mol. The molecule has 1 fully saturated rings. The maximum absolute atomic E-state index is 12.5. The van der Waals surface area contributed by atoms with Gasteiger partial charge in [-0.25, -0.2) is 4.79 Å². The molecule has 0 unspecified atom stereocenters. The van der Waals surface area contributed by atoms with Crippen LogP contribution in [0.3, 0.4) is 0 Å². The highest BCUT2D eigenvalue weighted by atomic mass is 16.2. The zero-order chi connectivity index (χ0) is 16.3. The van der Waals surface area contributed by atoms with Crippen LogP contribution in [0.15, 0.2) is 24.3 Å². The second-order valence-corrected chi connectivity index (χ2v) is 7.46. The third-order valence-electron chi connectivity index (χ3n) is 5.30. The number of fused-ring (bicyclic) bond motifs is 1. The number of benzene rings is 1. The fourth-order valence-electron chi connectivity index (χ4n) is 3.68. The van der Waals surface area contributed by atoms with E-state index in [1.165, 1.54) is 30.4 Å². The lowest BCUT2D eigenvalue weighted by molar-refractivity contribution is 0.0935. The van der Waals surface area contributed by atoms with Crippen LogP contribution < -0.4 is 5.32 Å². The van der Waals surface area contributed by atoms with Crippen molar-refractivity contribution < 1.29 is 4.79 Å². The molecule has 0 aliphatic carbocycles. The van der Waals surface area contributed by atoms with E-state index in [1.54, 1.807) is 0 Å². The monoisotopic (exact) mass is 315 g/mol. The smallest absolute Gasteiger partial charge is 0.317 e. The Morgan fingerprint density at radius 3 is 2.52 bits per heavy atom. The first-order valence-corrected chi connectivity index (χ1v) is 8.91. The normalized spacial score (nSPS) is 19.3. The van der Waals surface area contributed by atoms with Crippen molar-refractivity contribution in [3.8, 4) is 0 Å². The second kappa shape index (κ2) is 6.91. The van der Waals surface area contributed by atoms with E-state index < -0.39 is 0 Å². The summed E-state index contributed by atoms with van der Waals surface area (Å²) in [6.45, 7) is 9.04. The highest BCUT2D eigenvalue weighted by Gasteiger charge is 2.29. The number of nitrogens with zero attached hydrogens (tertiary/aromatic N) is 2. The molecule has 4 nitrogen and oxygen atoms in total. The molecule has 0 bridgehead atoms. The van der Waals surface area contributed by atoms with E-state index in [2.05, 4.69) is 48.3 Å². The number of amides is 2. The molecule has 126 valence electrons. The number of piperidine rings is 1. The minimum absolute atomic E-state index is 0.0315. The summed E-state index contributed by atoms with van der Waals surface area (Å²) < 4.78 is 0. The van der Waals surface area contributed by atoms with E-state index in [4.69, 9.17) is 0 Å². The molecule has 2 heterocycles. The molecule has 2 aliphatic rings. The van der Waals surface area contributed by atoms with Gasteiger partial charge in [-0.1, -0.05) is 30.7 Å². The van der Waals surface area contributed by atoms with Crippen molar-refractivity contribution in [2.45, 2.75) is 51.6 Å². The number of carbonyl (C=O) groups is 1. The van der Waals surface area contributed by atoms with Gasteiger partial charge in [0.2, 0.25) is 0 Å². The van der Waals surface area contributed by atoms with Gasteiger partial charge >= 0.3 is 6.03 Å². The SMILES string of the molecule is CC(C)(CNC(=O)N1CCc2ccccc2C1)N1CCCCC1. The summed E-state index contributed by atoms with van der Waals surface area (Å²) in [5.41, 5.74) is 2.69. The molecule has 2 aliphatic heterocycles. The van der Waals surface area contributed by atoms with Crippen LogP contribution in [0.1, 0.15) is 44.2 Å². The highest BCUT2D eigenvalue weighted by molar-refractivity contribution is 5.74. The van der Waals surface area contributed by atoms with Gasteiger partial charge in [0.1, 0.15) is 0 Å². The van der Waals surface area contributed by atoms with Crippen molar-refractivity contribution in [1.29, 1.82) is 0 Å². The molecule has 0 spiro atoms. The molecule has 4 heteroatoms. The molecular formula is C19H29N3O. The largest absolute Gasteiger partial charge is 0.336 e. The van der Waals surface area contributed by atoms with Crippen LogP contribution in [0.4, 0.5) is 4.79 Å². The summed E-state index contributed by atoms with van der Waals surface area (Å²) in [6.07, 6.45) is 4.85. The predicted molar refractivity (Wildman–Crippen MR) is 93.5 cm³/mol. The first kappa shape index (κ1) is 16.3. The summed E-state index contributed by atoms with van der Waals surface area (Å²) in [6, 6.07) is 8.51. The van der Waals surface area contributed by atoms with Gasteiger partial charge in [-0.05, 0) is 57.3 Å². The van der Waals surface area contributed by atoms with Gasteiger partial charge < -0.3 is 10.2 Å². The Morgan fingerprint density at radius 1 is 1.09 bits per heavy atom. The number of urea groups is 1. The van der Waals surface area contributed by atoms with Crippen LogP contribution in [0, 0.1) is 0 Å². The summed E-state index contributed by atoms with van der Waals surface area (Å²) in [5, 5.41) is 3.17. The van der Waals surface area contributed by atoms with E-state index in [-0.39, 0.29) is 11.6 Å². The average Bonchev–Trinajstić information content (AvgIpc) is 2.60. The standard InChI is InChI=1S/C19H29N3O/c1-19(2,22-11-6-3-7-12-22)15-20-18(23)21-13-10-16-8-4-5-9-17(16)14-21/h4-5,8-9H,3,6-7,10-15H2,1-2H3,(H,20,23). The fraction of sp³-hybridized carbons (Fsp3) is 0.632. The molecule has 1 saturated heterocycles. The lowest BCUT2D eigenvalue weighted by Crippen LogP contribution is -2.55. The lowest BCUT2D eigenvalue weighted by atomic mass is 9.98. The number of rotatable bonds is 3. The minimum atomic E-state index is 0.0315.